The van der Waals surface area contributed by atoms with Gasteiger partial charge in [-0.2, -0.15) is 0 Å². The van der Waals surface area contributed by atoms with Gasteiger partial charge in [0.2, 0.25) is 0 Å². The average Bonchev–Trinajstić information content (AvgIpc) is 2.95. The Morgan fingerprint density at radius 2 is 2.05 bits per heavy atom. The molecule has 0 spiro atoms. The zero-order chi connectivity index (χ0) is 15.4. The highest BCUT2D eigenvalue weighted by Gasteiger charge is 2.06. The van der Waals surface area contributed by atoms with Crippen molar-refractivity contribution < 1.29 is 9.53 Å². The Morgan fingerprint density at radius 3 is 2.86 bits per heavy atom. The lowest BCUT2D eigenvalue weighted by atomic mass is 10.2. The van der Waals surface area contributed by atoms with Crippen molar-refractivity contribution in [3.63, 3.8) is 0 Å². The lowest BCUT2D eigenvalue weighted by Gasteiger charge is -2.08. The van der Waals surface area contributed by atoms with Gasteiger partial charge in [0.25, 0.3) is 5.91 Å². The van der Waals surface area contributed by atoms with E-state index in [9.17, 15) is 4.79 Å². The number of rotatable bonds is 5. The third-order valence-corrected chi connectivity index (χ3v) is 3.33. The van der Waals surface area contributed by atoms with Gasteiger partial charge in [-0.05, 0) is 30.7 Å². The number of aromatic nitrogens is 2. The number of nitrogens with one attached hydrogen (secondary N) is 1. The van der Waals surface area contributed by atoms with Gasteiger partial charge in [0, 0.05) is 12.4 Å². The smallest absolute Gasteiger partial charge is 0.258 e. The largest absolute Gasteiger partial charge is 0.484 e. The standard InChI is InChI=1S/C17H17N3O2/c1-13-6-2-3-7-15(13)22-12-17(21)18-10-14-11-20-9-5-4-8-16(20)19-14/h2-9,11H,10,12H2,1H3,(H,18,21). The van der Waals surface area contributed by atoms with Crippen molar-refractivity contribution in [2.24, 2.45) is 0 Å². The topological polar surface area (TPSA) is 55.6 Å². The molecule has 1 aromatic carbocycles. The summed E-state index contributed by atoms with van der Waals surface area (Å²) in [6, 6.07) is 13.4. The Hall–Kier alpha value is -2.82. The van der Waals surface area contributed by atoms with Gasteiger partial charge in [0.1, 0.15) is 11.4 Å². The van der Waals surface area contributed by atoms with E-state index in [-0.39, 0.29) is 12.5 Å². The molecule has 0 saturated carbocycles. The number of nitrogens with zero attached hydrogens (tertiary/aromatic N) is 2. The molecule has 0 saturated heterocycles. The minimum Gasteiger partial charge on any atom is -0.484 e. The van der Waals surface area contributed by atoms with Crippen LogP contribution in [0.15, 0.2) is 54.9 Å². The summed E-state index contributed by atoms with van der Waals surface area (Å²) >= 11 is 0. The summed E-state index contributed by atoms with van der Waals surface area (Å²) in [4.78, 5) is 16.3. The van der Waals surface area contributed by atoms with Crippen LogP contribution in [0, 0.1) is 6.92 Å². The molecular formula is C17H17N3O2. The number of hydrogen-bond donors (Lipinski definition) is 1. The number of hydrogen-bond acceptors (Lipinski definition) is 3. The predicted octanol–water partition coefficient (Wildman–Crippen LogP) is 2.34. The Kier molecular flexibility index (Phi) is 4.05. The van der Waals surface area contributed by atoms with Crippen LogP contribution >= 0.6 is 0 Å². The number of aryl methyl sites for hydroxylation is 1. The summed E-state index contributed by atoms with van der Waals surface area (Å²) in [5.41, 5.74) is 2.69. The summed E-state index contributed by atoms with van der Waals surface area (Å²) < 4.78 is 7.43. The van der Waals surface area contributed by atoms with Crippen molar-refractivity contribution in [3.05, 3.63) is 66.1 Å². The van der Waals surface area contributed by atoms with E-state index >= 15 is 0 Å². The SMILES string of the molecule is Cc1ccccc1OCC(=O)NCc1cn2ccccc2n1. The number of pyridine rings is 1. The molecular weight excluding hydrogens is 278 g/mol. The van der Waals surface area contributed by atoms with E-state index in [1.54, 1.807) is 0 Å². The molecule has 2 heterocycles. The Bertz CT molecular complexity index is 762. The van der Waals surface area contributed by atoms with E-state index in [0.717, 1.165) is 22.7 Å². The number of amides is 1. The van der Waals surface area contributed by atoms with E-state index in [1.807, 2.05) is 66.2 Å². The molecule has 1 N–H and O–H groups in total. The highest BCUT2D eigenvalue weighted by atomic mass is 16.5. The predicted molar refractivity (Wildman–Crippen MR) is 83.7 cm³/mol. The first-order valence-electron chi connectivity index (χ1n) is 7.10. The van der Waals surface area contributed by atoms with Crippen molar-refractivity contribution >= 4 is 11.6 Å². The molecule has 5 heteroatoms. The normalized spacial score (nSPS) is 10.6. The molecule has 0 aliphatic heterocycles. The van der Waals surface area contributed by atoms with Crippen LogP contribution in [0.25, 0.3) is 5.65 Å². The van der Waals surface area contributed by atoms with E-state index in [4.69, 9.17) is 4.74 Å². The monoisotopic (exact) mass is 295 g/mol. The number of para-hydroxylation sites is 1. The van der Waals surface area contributed by atoms with Gasteiger partial charge in [-0.1, -0.05) is 24.3 Å². The van der Waals surface area contributed by atoms with Gasteiger partial charge in [0.05, 0.1) is 12.2 Å². The zero-order valence-corrected chi connectivity index (χ0v) is 12.3. The van der Waals surface area contributed by atoms with Gasteiger partial charge < -0.3 is 14.5 Å². The second-order valence-corrected chi connectivity index (χ2v) is 5.03. The van der Waals surface area contributed by atoms with E-state index < -0.39 is 0 Å². The lowest BCUT2D eigenvalue weighted by Crippen LogP contribution is -2.28. The maximum atomic E-state index is 11.8. The summed E-state index contributed by atoms with van der Waals surface area (Å²) in [5.74, 6) is 0.561. The van der Waals surface area contributed by atoms with E-state index in [1.165, 1.54) is 0 Å². The van der Waals surface area contributed by atoms with Crippen LogP contribution in [-0.4, -0.2) is 21.9 Å². The molecule has 1 amide bonds. The number of carbonyl (C=O) groups excluding carboxylic acids is 1. The maximum absolute atomic E-state index is 11.8. The van der Waals surface area contributed by atoms with Crippen LogP contribution in [0.1, 0.15) is 11.3 Å². The van der Waals surface area contributed by atoms with Crippen molar-refractivity contribution in [1.29, 1.82) is 0 Å². The molecule has 0 atom stereocenters. The van der Waals surface area contributed by atoms with Crippen molar-refractivity contribution in [2.45, 2.75) is 13.5 Å². The molecule has 0 aliphatic carbocycles. The first-order chi connectivity index (χ1) is 10.7. The van der Waals surface area contributed by atoms with Gasteiger partial charge in [-0.25, -0.2) is 4.98 Å². The molecule has 0 aliphatic rings. The van der Waals surface area contributed by atoms with Crippen molar-refractivity contribution in [1.82, 2.24) is 14.7 Å². The second kappa shape index (κ2) is 6.30. The fourth-order valence-electron chi connectivity index (χ4n) is 2.17. The number of fused-ring (bicyclic) bond motifs is 1. The molecule has 22 heavy (non-hydrogen) atoms. The van der Waals surface area contributed by atoms with Gasteiger partial charge in [-0.3, -0.25) is 4.79 Å². The molecule has 0 bridgehead atoms. The fraction of sp³-hybridized carbons (Fsp3) is 0.176. The summed E-state index contributed by atoms with van der Waals surface area (Å²) in [7, 11) is 0. The van der Waals surface area contributed by atoms with Crippen molar-refractivity contribution in [2.75, 3.05) is 6.61 Å². The molecule has 0 fully saturated rings. The van der Waals surface area contributed by atoms with Gasteiger partial charge >= 0.3 is 0 Å². The highest BCUT2D eigenvalue weighted by molar-refractivity contribution is 5.77. The Morgan fingerprint density at radius 1 is 1.23 bits per heavy atom. The molecule has 3 rings (SSSR count). The Balaban J connectivity index is 1.53. The lowest BCUT2D eigenvalue weighted by molar-refractivity contribution is -0.123. The van der Waals surface area contributed by atoms with Crippen LogP contribution in [0.4, 0.5) is 0 Å². The third kappa shape index (κ3) is 3.25. The minimum absolute atomic E-state index is 0.00176. The van der Waals surface area contributed by atoms with E-state index in [0.29, 0.717) is 6.54 Å². The Labute approximate surface area is 128 Å². The highest BCUT2D eigenvalue weighted by Crippen LogP contribution is 2.15. The maximum Gasteiger partial charge on any atom is 0.258 e. The number of imidazole rings is 1. The minimum atomic E-state index is -0.166. The number of ether oxygens (including phenoxy) is 1. The van der Waals surface area contributed by atoms with Crippen LogP contribution in [0.3, 0.4) is 0 Å². The average molecular weight is 295 g/mol. The summed E-state index contributed by atoms with van der Waals surface area (Å²) in [6.07, 6.45) is 3.83. The first kappa shape index (κ1) is 14.1. The molecule has 2 aromatic heterocycles. The molecule has 0 radical (unpaired) electrons. The quantitative estimate of drug-likeness (QED) is 0.786. The molecule has 3 aromatic rings. The van der Waals surface area contributed by atoms with Gasteiger partial charge in [0.15, 0.2) is 6.61 Å². The number of benzene rings is 1. The molecule has 0 unspecified atom stereocenters. The number of carbonyl (C=O) groups is 1. The van der Waals surface area contributed by atoms with E-state index in [2.05, 4.69) is 10.3 Å². The van der Waals surface area contributed by atoms with Crippen LogP contribution < -0.4 is 10.1 Å². The molecule has 112 valence electrons. The second-order valence-electron chi connectivity index (χ2n) is 5.03. The van der Waals surface area contributed by atoms with Gasteiger partial charge in [-0.15, -0.1) is 0 Å². The van der Waals surface area contributed by atoms with Crippen LogP contribution in [-0.2, 0) is 11.3 Å². The summed E-state index contributed by atoms with van der Waals surface area (Å²) in [5, 5.41) is 2.81. The fourth-order valence-corrected chi connectivity index (χ4v) is 2.17. The van der Waals surface area contributed by atoms with Crippen LogP contribution in [0.2, 0.25) is 0 Å². The molecule has 5 nitrogen and oxygen atoms in total. The summed E-state index contributed by atoms with van der Waals surface area (Å²) in [6.45, 7) is 2.33. The zero-order valence-electron chi connectivity index (χ0n) is 12.3. The third-order valence-electron chi connectivity index (χ3n) is 3.33. The van der Waals surface area contributed by atoms with Crippen LogP contribution in [0.5, 0.6) is 5.75 Å². The first-order valence-corrected chi connectivity index (χ1v) is 7.10. The van der Waals surface area contributed by atoms with Crippen molar-refractivity contribution in [3.8, 4) is 5.75 Å².